The zero-order valence-electron chi connectivity index (χ0n) is 29.9. The van der Waals surface area contributed by atoms with Gasteiger partial charge < -0.3 is 0 Å². The lowest BCUT2D eigenvalue weighted by Crippen LogP contribution is -2.18. The van der Waals surface area contributed by atoms with Crippen LogP contribution >= 0.6 is 0 Å². The highest BCUT2D eigenvalue weighted by atomic mass is 15.2. The second-order valence-electron chi connectivity index (χ2n) is 15.3. The first-order chi connectivity index (χ1) is 26.6. The molecule has 0 fully saturated rings. The first-order valence-electron chi connectivity index (χ1n) is 18.8. The lowest BCUT2D eigenvalue weighted by Gasteiger charge is -2.21. The SMILES string of the molecule is CC1(C)c2ccccc2-c2c(-c3ccc4ccccc4c3)nc(-n3c4ccc5ccccc5c4c4c5c6ccccc6c6ccccc6c5ccc43)nc21. The van der Waals surface area contributed by atoms with Gasteiger partial charge in [-0.05, 0) is 77.8 Å². The molecule has 3 nitrogen and oxygen atoms in total. The second kappa shape index (κ2) is 10.6. The summed E-state index contributed by atoms with van der Waals surface area (Å²) >= 11 is 0. The smallest absolute Gasteiger partial charge is 0.235 e. The van der Waals surface area contributed by atoms with E-state index < -0.39 is 0 Å². The summed E-state index contributed by atoms with van der Waals surface area (Å²) in [5, 5.41) is 14.9. The fourth-order valence-corrected chi connectivity index (χ4v) is 9.65. The van der Waals surface area contributed by atoms with Crippen LogP contribution in [0.25, 0.3) is 104 Å². The zero-order chi connectivity index (χ0) is 35.7. The molecule has 0 amide bonds. The Kier molecular flexibility index (Phi) is 5.84. The quantitative estimate of drug-likeness (QED) is 0.169. The average molecular weight is 688 g/mol. The lowest BCUT2D eigenvalue weighted by molar-refractivity contribution is 0.632. The van der Waals surface area contributed by atoms with Gasteiger partial charge in [0.15, 0.2) is 0 Å². The van der Waals surface area contributed by atoms with E-state index in [-0.39, 0.29) is 5.41 Å². The number of benzene rings is 9. The molecule has 252 valence electrons. The normalized spacial score (nSPS) is 13.5. The molecule has 0 aliphatic heterocycles. The van der Waals surface area contributed by atoms with Crippen molar-refractivity contribution in [3.8, 4) is 28.3 Å². The van der Waals surface area contributed by atoms with Crippen LogP contribution in [0.1, 0.15) is 25.1 Å². The van der Waals surface area contributed by atoms with Crippen molar-refractivity contribution < 1.29 is 0 Å². The van der Waals surface area contributed by atoms with Gasteiger partial charge in [-0.25, -0.2) is 9.97 Å². The number of hydrogen-bond donors (Lipinski definition) is 0. The molecule has 0 saturated heterocycles. The Morgan fingerprint density at radius 1 is 0.444 bits per heavy atom. The van der Waals surface area contributed by atoms with E-state index in [0.717, 1.165) is 33.5 Å². The molecule has 2 heterocycles. The number of fused-ring (bicyclic) bond motifs is 16. The van der Waals surface area contributed by atoms with Gasteiger partial charge in [-0.2, -0.15) is 0 Å². The van der Waals surface area contributed by atoms with Crippen molar-refractivity contribution >= 4 is 75.7 Å². The Balaban J connectivity index is 1.28. The van der Waals surface area contributed by atoms with Gasteiger partial charge in [0.1, 0.15) is 0 Å². The van der Waals surface area contributed by atoms with Gasteiger partial charge in [-0.1, -0.05) is 159 Å². The van der Waals surface area contributed by atoms with Crippen molar-refractivity contribution in [2.45, 2.75) is 19.3 Å². The number of rotatable bonds is 2. The molecular weight excluding hydrogens is 655 g/mol. The van der Waals surface area contributed by atoms with Gasteiger partial charge in [0, 0.05) is 32.7 Å². The third kappa shape index (κ3) is 3.85. The molecule has 0 saturated carbocycles. The summed E-state index contributed by atoms with van der Waals surface area (Å²) in [6.45, 7) is 4.62. The minimum atomic E-state index is -0.317. The van der Waals surface area contributed by atoms with E-state index in [9.17, 15) is 0 Å². The fourth-order valence-electron chi connectivity index (χ4n) is 9.65. The highest BCUT2D eigenvalue weighted by Gasteiger charge is 2.40. The molecule has 11 aromatic rings. The van der Waals surface area contributed by atoms with E-state index in [2.05, 4.69) is 182 Å². The maximum atomic E-state index is 5.65. The van der Waals surface area contributed by atoms with Crippen LogP contribution < -0.4 is 0 Å². The van der Waals surface area contributed by atoms with Crippen molar-refractivity contribution in [1.29, 1.82) is 0 Å². The minimum absolute atomic E-state index is 0.317. The van der Waals surface area contributed by atoms with Gasteiger partial charge in [0.05, 0.1) is 22.4 Å². The molecule has 0 unspecified atom stereocenters. The van der Waals surface area contributed by atoms with Crippen molar-refractivity contribution in [1.82, 2.24) is 14.5 Å². The highest BCUT2D eigenvalue weighted by molar-refractivity contribution is 6.37. The summed E-state index contributed by atoms with van der Waals surface area (Å²) in [6.07, 6.45) is 0. The van der Waals surface area contributed by atoms with Crippen molar-refractivity contribution in [2.75, 3.05) is 0 Å². The third-order valence-electron chi connectivity index (χ3n) is 12.1. The van der Waals surface area contributed by atoms with E-state index in [0.29, 0.717) is 5.95 Å². The molecule has 1 aliphatic carbocycles. The van der Waals surface area contributed by atoms with Crippen LogP contribution in [0.2, 0.25) is 0 Å². The summed E-state index contributed by atoms with van der Waals surface area (Å²) in [5.41, 5.74) is 8.63. The molecule has 9 aromatic carbocycles. The van der Waals surface area contributed by atoms with Crippen LogP contribution in [-0.2, 0) is 5.41 Å². The molecular formula is C51H33N3. The van der Waals surface area contributed by atoms with Gasteiger partial charge >= 0.3 is 0 Å². The summed E-state index contributed by atoms with van der Waals surface area (Å²) in [6, 6.07) is 59.8. The predicted molar refractivity (Wildman–Crippen MR) is 227 cm³/mol. The molecule has 0 bridgehead atoms. The number of nitrogens with zero attached hydrogens (tertiary/aromatic N) is 3. The van der Waals surface area contributed by atoms with Crippen LogP contribution in [0.5, 0.6) is 0 Å². The zero-order valence-corrected chi connectivity index (χ0v) is 29.9. The molecule has 12 rings (SSSR count). The summed E-state index contributed by atoms with van der Waals surface area (Å²) in [7, 11) is 0. The molecule has 0 spiro atoms. The Bertz CT molecular complexity index is 3390. The Labute approximate surface area is 311 Å². The number of aromatic nitrogens is 3. The first-order valence-corrected chi connectivity index (χ1v) is 18.8. The van der Waals surface area contributed by atoms with Gasteiger partial charge in [-0.3, -0.25) is 4.57 Å². The average Bonchev–Trinajstić information content (AvgIpc) is 3.69. The van der Waals surface area contributed by atoms with Crippen molar-refractivity contribution in [3.63, 3.8) is 0 Å². The molecule has 1 aliphatic rings. The summed E-state index contributed by atoms with van der Waals surface area (Å²) in [4.78, 5) is 11.3. The van der Waals surface area contributed by atoms with Gasteiger partial charge in [0.2, 0.25) is 5.95 Å². The third-order valence-corrected chi connectivity index (χ3v) is 12.1. The van der Waals surface area contributed by atoms with Crippen molar-refractivity contribution in [3.05, 3.63) is 175 Å². The second-order valence-corrected chi connectivity index (χ2v) is 15.3. The standard InChI is InChI=1S/C51H33N3/c1-51(2)41-22-12-11-21-40(41)46-48(33-24-23-30-13-3-4-15-32(30)29-33)52-50(53-49(46)51)54-42-27-25-31-14-5-6-16-34(31)45(42)47-43(54)28-26-39-37-19-8-7-17-35(37)36-18-9-10-20-38(36)44(39)47/h3-29H,1-2H3. The van der Waals surface area contributed by atoms with Gasteiger partial charge in [0.25, 0.3) is 0 Å². The van der Waals surface area contributed by atoms with E-state index in [4.69, 9.17) is 9.97 Å². The molecule has 0 radical (unpaired) electrons. The minimum Gasteiger partial charge on any atom is -0.278 e. The first kappa shape index (κ1) is 29.7. The maximum absolute atomic E-state index is 5.65. The molecule has 0 N–H and O–H groups in total. The molecule has 0 atom stereocenters. The Morgan fingerprint density at radius 2 is 1.02 bits per heavy atom. The maximum Gasteiger partial charge on any atom is 0.235 e. The van der Waals surface area contributed by atoms with Crippen LogP contribution in [0.4, 0.5) is 0 Å². The van der Waals surface area contributed by atoms with E-state index >= 15 is 0 Å². The Hall–Kier alpha value is -6.84. The highest BCUT2D eigenvalue weighted by Crippen LogP contribution is 2.52. The number of hydrogen-bond acceptors (Lipinski definition) is 2. The fraction of sp³-hybridized carbons (Fsp3) is 0.0588. The molecule has 2 aromatic heterocycles. The lowest BCUT2D eigenvalue weighted by atomic mass is 9.85. The molecule has 3 heteroatoms. The van der Waals surface area contributed by atoms with Crippen molar-refractivity contribution in [2.24, 2.45) is 0 Å². The van der Waals surface area contributed by atoms with E-state index in [1.165, 1.54) is 75.8 Å². The van der Waals surface area contributed by atoms with Gasteiger partial charge in [-0.15, -0.1) is 0 Å². The summed E-state index contributed by atoms with van der Waals surface area (Å²) in [5.74, 6) is 0.692. The predicted octanol–water partition coefficient (Wildman–Crippen LogP) is 13.3. The topological polar surface area (TPSA) is 30.7 Å². The van der Waals surface area contributed by atoms with E-state index in [1.54, 1.807) is 0 Å². The molecule has 54 heavy (non-hydrogen) atoms. The van der Waals surface area contributed by atoms with E-state index in [1.807, 2.05) is 0 Å². The van der Waals surface area contributed by atoms with Crippen LogP contribution in [0.15, 0.2) is 164 Å². The monoisotopic (exact) mass is 687 g/mol. The summed E-state index contributed by atoms with van der Waals surface area (Å²) < 4.78 is 2.34. The van der Waals surface area contributed by atoms with Crippen LogP contribution in [0.3, 0.4) is 0 Å². The largest absolute Gasteiger partial charge is 0.278 e. The van der Waals surface area contributed by atoms with Crippen LogP contribution in [0, 0.1) is 0 Å². The Morgan fingerprint density at radius 3 is 1.81 bits per heavy atom. The van der Waals surface area contributed by atoms with Crippen LogP contribution in [-0.4, -0.2) is 14.5 Å².